The maximum Gasteiger partial charge on any atom is 0.230 e. The van der Waals surface area contributed by atoms with Crippen molar-refractivity contribution in [3.05, 3.63) is 41.1 Å². The van der Waals surface area contributed by atoms with E-state index in [-0.39, 0.29) is 5.91 Å². The van der Waals surface area contributed by atoms with Crippen molar-refractivity contribution < 1.29 is 4.79 Å². The molecule has 0 unspecified atom stereocenters. The number of amides is 1. The van der Waals surface area contributed by atoms with Crippen molar-refractivity contribution in [1.82, 2.24) is 14.9 Å². The number of halogens is 1. The third-order valence-electron chi connectivity index (χ3n) is 2.75. The Morgan fingerprint density at radius 3 is 2.76 bits per heavy atom. The highest BCUT2D eigenvalue weighted by molar-refractivity contribution is 9.10. The molecule has 2 rings (SSSR count). The van der Waals surface area contributed by atoms with Gasteiger partial charge in [0.25, 0.3) is 0 Å². The molecule has 1 heterocycles. The Labute approximate surface area is 137 Å². The molecule has 0 aliphatic heterocycles. The molecule has 0 radical (unpaired) electrons. The van der Waals surface area contributed by atoms with Crippen molar-refractivity contribution in [1.29, 1.82) is 0 Å². The SMILES string of the molecule is CC(C)CNC(=O)CSc1nccn1-c1ccc(Br)cc1. The Kier molecular flexibility index (Phi) is 5.87. The smallest absolute Gasteiger partial charge is 0.230 e. The van der Waals surface area contributed by atoms with Gasteiger partial charge in [0, 0.05) is 29.1 Å². The van der Waals surface area contributed by atoms with E-state index in [0.29, 0.717) is 18.2 Å². The van der Waals surface area contributed by atoms with Gasteiger partial charge in [0.05, 0.1) is 5.75 Å². The van der Waals surface area contributed by atoms with Crippen LogP contribution in [0.1, 0.15) is 13.8 Å². The molecule has 0 aliphatic rings. The van der Waals surface area contributed by atoms with Crippen molar-refractivity contribution in [3.63, 3.8) is 0 Å². The number of nitrogens with one attached hydrogen (secondary N) is 1. The number of rotatable bonds is 6. The van der Waals surface area contributed by atoms with Crippen LogP contribution in [0.3, 0.4) is 0 Å². The number of imidazole rings is 1. The van der Waals surface area contributed by atoms with Crippen LogP contribution in [-0.4, -0.2) is 27.8 Å². The van der Waals surface area contributed by atoms with Crippen LogP contribution in [-0.2, 0) is 4.79 Å². The van der Waals surface area contributed by atoms with Crippen LogP contribution >= 0.6 is 27.7 Å². The zero-order valence-corrected chi connectivity index (χ0v) is 14.4. The highest BCUT2D eigenvalue weighted by Crippen LogP contribution is 2.21. The van der Waals surface area contributed by atoms with E-state index in [0.717, 1.165) is 15.3 Å². The van der Waals surface area contributed by atoms with Crippen LogP contribution in [0.4, 0.5) is 0 Å². The monoisotopic (exact) mass is 367 g/mol. The van der Waals surface area contributed by atoms with Crippen LogP contribution in [0.5, 0.6) is 0 Å². The Morgan fingerprint density at radius 1 is 1.38 bits per heavy atom. The minimum absolute atomic E-state index is 0.0408. The van der Waals surface area contributed by atoms with E-state index in [4.69, 9.17) is 0 Å². The third-order valence-corrected chi connectivity index (χ3v) is 4.25. The summed E-state index contributed by atoms with van der Waals surface area (Å²) in [5.41, 5.74) is 1.03. The minimum atomic E-state index is 0.0408. The van der Waals surface area contributed by atoms with Crippen molar-refractivity contribution >= 4 is 33.6 Å². The molecule has 1 aromatic heterocycles. The zero-order valence-electron chi connectivity index (χ0n) is 12.0. The second kappa shape index (κ2) is 7.66. The summed E-state index contributed by atoms with van der Waals surface area (Å²) in [5.74, 6) is 0.878. The molecular weight excluding hydrogens is 350 g/mol. The lowest BCUT2D eigenvalue weighted by atomic mass is 10.2. The average molecular weight is 368 g/mol. The fraction of sp³-hybridized carbons (Fsp3) is 0.333. The summed E-state index contributed by atoms with van der Waals surface area (Å²) >= 11 is 4.86. The molecule has 112 valence electrons. The first kappa shape index (κ1) is 16.1. The number of carbonyl (C=O) groups is 1. The Hall–Kier alpha value is -1.27. The molecule has 0 fully saturated rings. The summed E-state index contributed by atoms with van der Waals surface area (Å²) in [4.78, 5) is 16.1. The summed E-state index contributed by atoms with van der Waals surface area (Å²) in [6.45, 7) is 4.86. The standard InChI is InChI=1S/C15H18BrN3OS/c1-11(2)9-18-14(20)10-21-15-17-7-8-19(15)13-5-3-12(16)4-6-13/h3-8,11H,9-10H2,1-2H3,(H,18,20). The summed E-state index contributed by atoms with van der Waals surface area (Å²) in [6, 6.07) is 7.99. The molecular formula is C15H18BrN3OS. The van der Waals surface area contributed by atoms with Crippen molar-refractivity contribution in [2.75, 3.05) is 12.3 Å². The lowest BCUT2D eigenvalue weighted by Gasteiger charge is -2.09. The predicted molar refractivity (Wildman–Crippen MR) is 89.8 cm³/mol. The van der Waals surface area contributed by atoms with Gasteiger partial charge in [-0.05, 0) is 30.2 Å². The number of hydrogen-bond donors (Lipinski definition) is 1. The van der Waals surface area contributed by atoms with Gasteiger partial charge >= 0.3 is 0 Å². The van der Waals surface area contributed by atoms with Crippen LogP contribution in [0.25, 0.3) is 5.69 Å². The molecule has 4 nitrogen and oxygen atoms in total. The number of thioether (sulfide) groups is 1. The van der Waals surface area contributed by atoms with Crippen LogP contribution in [0, 0.1) is 5.92 Å². The molecule has 0 atom stereocenters. The fourth-order valence-electron chi connectivity index (χ4n) is 1.69. The van der Waals surface area contributed by atoms with Crippen molar-refractivity contribution in [2.24, 2.45) is 5.92 Å². The van der Waals surface area contributed by atoms with E-state index in [1.165, 1.54) is 11.8 Å². The summed E-state index contributed by atoms with van der Waals surface area (Å²) in [7, 11) is 0. The molecule has 6 heteroatoms. The normalized spacial score (nSPS) is 10.9. The first-order valence-electron chi connectivity index (χ1n) is 6.75. The predicted octanol–water partition coefficient (Wildman–Crippen LogP) is 3.50. The quantitative estimate of drug-likeness (QED) is 0.794. The highest BCUT2D eigenvalue weighted by atomic mass is 79.9. The molecule has 0 spiro atoms. The van der Waals surface area contributed by atoms with E-state index in [1.54, 1.807) is 6.20 Å². The van der Waals surface area contributed by atoms with Gasteiger partial charge in [0.1, 0.15) is 0 Å². The summed E-state index contributed by atoms with van der Waals surface area (Å²) in [6.07, 6.45) is 3.65. The number of nitrogens with zero attached hydrogens (tertiary/aromatic N) is 2. The van der Waals surface area contributed by atoms with Gasteiger partial charge in [-0.1, -0.05) is 41.5 Å². The van der Waals surface area contributed by atoms with E-state index < -0.39 is 0 Å². The zero-order chi connectivity index (χ0) is 15.2. The van der Waals surface area contributed by atoms with Gasteiger partial charge in [0.15, 0.2) is 5.16 Å². The van der Waals surface area contributed by atoms with Gasteiger partial charge < -0.3 is 5.32 Å². The van der Waals surface area contributed by atoms with E-state index in [2.05, 4.69) is 40.1 Å². The number of hydrogen-bond acceptors (Lipinski definition) is 3. The molecule has 0 saturated carbocycles. The minimum Gasteiger partial charge on any atom is -0.355 e. The van der Waals surface area contributed by atoms with Crippen molar-refractivity contribution in [2.45, 2.75) is 19.0 Å². The van der Waals surface area contributed by atoms with E-state index >= 15 is 0 Å². The maximum absolute atomic E-state index is 11.8. The molecule has 0 saturated heterocycles. The van der Waals surface area contributed by atoms with Gasteiger partial charge in [0.2, 0.25) is 5.91 Å². The number of aromatic nitrogens is 2. The highest BCUT2D eigenvalue weighted by Gasteiger charge is 2.09. The topological polar surface area (TPSA) is 46.9 Å². The summed E-state index contributed by atoms with van der Waals surface area (Å²) < 4.78 is 3.01. The molecule has 1 N–H and O–H groups in total. The second-order valence-electron chi connectivity index (χ2n) is 5.04. The Balaban J connectivity index is 1.97. The first-order valence-corrected chi connectivity index (χ1v) is 8.53. The third kappa shape index (κ3) is 4.89. The second-order valence-corrected chi connectivity index (χ2v) is 6.90. The molecule has 2 aromatic rings. The Bertz CT molecular complexity index is 595. The van der Waals surface area contributed by atoms with Gasteiger partial charge in [-0.3, -0.25) is 9.36 Å². The van der Waals surface area contributed by atoms with E-state index in [9.17, 15) is 4.79 Å². The first-order chi connectivity index (χ1) is 10.1. The van der Waals surface area contributed by atoms with Crippen LogP contribution in [0.2, 0.25) is 0 Å². The van der Waals surface area contributed by atoms with Gasteiger partial charge in [-0.25, -0.2) is 4.98 Å². The number of carbonyl (C=O) groups excluding carboxylic acids is 1. The fourth-order valence-corrected chi connectivity index (χ4v) is 2.76. The average Bonchev–Trinajstić information content (AvgIpc) is 2.92. The molecule has 1 amide bonds. The molecule has 0 bridgehead atoms. The van der Waals surface area contributed by atoms with Gasteiger partial charge in [-0.15, -0.1) is 0 Å². The maximum atomic E-state index is 11.8. The molecule has 21 heavy (non-hydrogen) atoms. The van der Waals surface area contributed by atoms with E-state index in [1.807, 2.05) is 35.0 Å². The molecule has 1 aromatic carbocycles. The molecule has 0 aliphatic carbocycles. The number of benzene rings is 1. The van der Waals surface area contributed by atoms with Gasteiger partial charge in [-0.2, -0.15) is 0 Å². The Morgan fingerprint density at radius 2 is 2.10 bits per heavy atom. The van der Waals surface area contributed by atoms with Crippen molar-refractivity contribution in [3.8, 4) is 5.69 Å². The lowest BCUT2D eigenvalue weighted by Crippen LogP contribution is -2.28. The largest absolute Gasteiger partial charge is 0.355 e. The van der Waals surface area contributed by atoms with Crippen LogP contribution < -0.4 is 5.32 Å². The summed E-state index contributed by atoms with van der Waals surface area (Å²) in [5, 5.41) is 3.72. The van der Waals surface area contributed by atoms with Crippen LogP contribution in [0.15, 0.2) is 46.3 Å². The lowest BCUT2D eigenvalue weighted by molar-refractivity contribution is -0.118.